The van der Waals surface area contributed by atoms with Gasteiger partial charge >= 0.3 is 0 Å². The first-order valence-electron chi connectivity index (χ1n) is 6.92. The van der Waals surface area contributed by atoms with E-state index in [0.717, 1.165) is 13.1 Å². The summed E-state index contributed by atoms with van der Waals surface area (Å²) in [5.74, 6) is 0. The van der Waals surface area contributed by atoms with Gasteiger partial charge in [-0.2, -0.15) is 0 Å². The summed E-state index contributed by atoms with van der Waals surface area (Å²) < 4.78 is 0. The average molecular weight is 242 g/mol. The Labute approximate surface area is 107 Å². The van der Waals surface area contributed by atoms with E-state index < -0.39 is 0 Å². The molecule has 0 atom stereocenters. The topological polar surface area (TPSA) is 35.5 Å². The van der Waals surface area contributed by atoms with Crippen molar-refractivity contribution >= 4 is 0 Å². The molecule has 1 rings (SSSR count). The number of likely N-dealkylation sites (N-methyl/N-ethyl adjacent to an activating group) is 1. The van der Waals surface area contributed by atoms with E-state index in [-0.39, 0.29) is 12.1 Å². The van der Waals surface area contributed by atoms with Crippen LogP contribution in [0.15, 0.2) is 0 Å². The third kappa shape index (κ3) is 3.94. The maximum atomic E-state index is 9.45. The lowest BCUT2D eigenvalue weighted by Crippen LogP contribution is -2.52. The fourth-order valence-corrected chi connectivity index (χ4v) is 2.91. The highest BCUT2D eigenvalue weighted by molar-refractivity contribution is 4.90. The molecule has 2 N–H and O–H groups in total. The molecule has 1 fully saturated rings. The van der Waals surface area contributed by atoms with Crippen molar-refractivity contribution in [3.05, 3.63) is 0 Å². The van der Waals surface area contributed by atoms with E-state index in [1.807, 2.05) is 7.05 Å². The van der Waals surface area contributed by atoms with Crippen molar-refractivity contribution in [1.29, 1.82) is 0 Å². The van der Waals surface area contributed by atoms with Gasteiger partial charge in [0.2, 0.25) is 0 Å². The van der Waals surface area contributed by atoms with Crippen LogP contribution in [0.3, 0.4) is 0 Å². The van der Waals surface area contributed by atoms with E-state index >= 15 is 0 Å². The SMILES string of the molecule is CNCC1(CN(C)C(C)(C)CO)CCCCC1. The molecule has 0 aliphatic heterocycles. The van der Waals surface area contributed by atoms with Gasteiger partial charge in [0, 0.05) is 18.6 Å². The number of aliphatic hydroxyl groups excluding tert-OH is 1. The maximum Gasteiger partial charge on any atom is 0.0609 e. The van der Waals surface area contributed by atoms with Gasteiger partial charge in [-0.05, 0) is 46.2 Å². The van der Waals surface area contributed by atoms with Crippen LogP contribution < -0.4 is 5.32 Å². The molecule has 1 saturated carbocycles. The summed E-state index contributed by atoms with van der Waals surface area (Å²) in [5, 5.41) is 12.8. The summed E-state index contributed by atoms with van der Waals surface area (Å²) in [6.07, 6.45) is 6.74. The Kier molecular flexibility index (Phi) is 5.42. The third-order valence-corrected chi connectivity index (χ3v) is 4.46. The minimum Gasteiger partial charge on any atom is -0.394 e. The Hall–Kier alpha value is -0.120. The Bertz CT molecular complexity index is 217. The monoisotopic (exact) mass is 242 g/mol. The first-order valence-corrected chi connectivity index (χ1v) is 6.92. The van der Waals surface area contributed by atoms with Crippen LogP contribution in [0.1, 0.15) is 46.0 Å². The molecule has 0 amide bonds. The molecular weight excluding hydrogens is 212 g/mol. The van der Waals surface area contributed by atoms with Crippen molar-refractivity contribution in [1.82, 2.24) is 10.2 Å². The lowest BCUT2D eigenvalue weighted by molar-refractivity contribution is 0.0266. The highest BCUT2D eigenvalue weighted by atomic mass is 16.3. The van der Waals surface area contributed by atoms with Gasteiger partial charge < -0.3 is 10.4 Å². The van der Waals surface area contributed by atoms with Crippen LogP contribution >= 0.6 is 0 Å². The lowest BCUT2D eigenvalue weighted by Gasteiger charge is -2.44. The van der Waals surface area contributed by atoms with Crippen LogP contribution in [0.4, 0.5) is 0 Å². The van der Waals surface area contributed by atoms with Gasteiger partial charge in [0.05, 0.1) is 6.61 Å². The van der Waals surface area contributed by atoms with E-state index in [9.17, 15) is 5.11 Å². The van der Waals surface area contributed by atoms with Crippen molar-refractivity contribution in [2.45, 2.75) is 51.5 Å². The second-order valence-corrected chi connectivity index (χ2v) is 6.42. The van der Waals surface area contributed by atoms with Crippen molar-refractivity contribution in [2.75, 3.05) is 33.8 Å². The van der Waals surface area contributed by atoms with E-state index in [2.05, 4.69) is 31.1 Å². The minimum absolute atomic E-state index is 0.113. The molecule has 0 radical (unpaired) electrons. The molecule has 0 aromatic carbocycles. The highest BCUT2D eigenvalue weighted by Gasteiger charge is 2.35. The van der Waals surface area contributed by atoms with Crippen LogP contribution in [0.25, 0.3) is 0 Å². The molecule has 0 aromatic rings. The molecule has 1 aliphatic rings. The van der Waals surface area contributed by atoms with E-state index in [0.29, 0.717) is 5.41 Å². The molecule has 3 heteroatoms. The van der Waals surface area contributed by atoms with Crippen molar-refractivity contribution in [3.8, 4) is 0 Å². The van der Waals surface area contributed by atoms with E-state index in [4.69, 9.17) is 0 Å². The zero-order valence-electron chi connectivity index (χ0n) is 12.1. The van der Waals surface area contributed by atoms with Gasteiger partial charge in [-0.3, -0.25) is 4.90 Å². The van der Waals surface area contributed by atoms with Crippen molar-refractivity contribution < 1.29 is 5.11 Å². The molecule has 0 bridgehead atoms. The summed E-state index contributed by atoms with van der Waals surface area (Å²) in [5.41, 5.74) is 0.298. The quantitative estimate of drug-likeness (QED) is 0.746. The normalized spacial score (nSPS) is 20.8. The fraction of sp³-hybridized carbons (Fsp3) is 1.00. The van der Waals surface area contributed by atoms with Gasteiger partial charge in [0.15, 0.2) is 0 Å². The van der Waals surface area contributed by atoms with Crippen LogP contribution in [-0.2, 0) is 0 Å². The number of hydrogen-bond donors (Lipinski definition) is 2. The van der Waals surface area contributed by atoms with Crippen molar-refractivity contribution in [2.24, 2.45) is 5.41 Å². The molecule has 0 saturated heterocycles. The first kappa shape index (κ1) is 14.9. The Morgan fingerprint density at radius 1 is 1.24 bits per heavy atom. The summed E-state index contributed by atoms with van der Waals surface area (Å²) >= 11 is 0. The smallest absolute Gasteiger partial charge is 0.0609 e. The van der Waals surface area contributed by atoms with Gasteiger partial charge in [-0.25, -0.2) is 0 Å². The van der Waals surface area contributed by atoms with Gasteiger partial charge in [0.1, 0.15) is 0 Å². The summed E-state index contributed by atoms with van der Waals surface area (Å²) in [7, 11) is 4.19. The Balaban J connectivity index is 2.65. The second-order valence-electron chi connectivity index (χ2n) is 6.42. The predicted octanol–water partition coefficient (Wildman–Crippen LogP) is 1.86. The standard InChI is InChI=1S/C14H30N2O/c1-13(2,12-17)16(4)11-14(10-15-3)8-6-5-7-9-14/h15,17H,5-12H2,1-4H3. The summed E-state index contributed by atoms with van der Waals surface area (Å²) in [4.78, 5) is 2.33. The van der Waals surface area contributed by atoms with Crippen molar-refractivity contribution in [3.63, 3.8) is 0 Å². The van der Waals surface area contributed by atoms with Gasteiger partial charge in [-0.1, -0.05) is 19.3 Å². The number of aliphatic hydroxyl groups is 1. The fourth-order valence-electron chi connectivity index (χ4n) is 2.91. The van der Waals surface area contributed by atoms with Gasteiger partial charge in [-0.15, -0.1) is 0 Å². The van der Waals surface area contributed by atoms with Crippen LogP contribution in [0.5, 0.6) is 0 Å². The molecule has 0 spiro atoms. The number of nitrogens with one attached hydrogen (secondary N) is 1. The molecule has 0 unspecified atom stereocenters. The largest absolute Gasteiger partial charge is 0.394 e. The highest BCUT2D eigenvalue weighted by Crippen LogP contribution is 2.37. The molecule has 0 heterocycles. The Morgan fingerprint density at radius 3 is 2.29 bits per heavy atom. The maximum absolute atomic E-state index is 9.45. The zero-order chi connectivity index (χ0) is 12.9. The molecule has 3 nitrogen and oxygen atoms in total. The predicted molar refractivity (Wildman–Crippen MR) is 73.2 cm³/mol. The van der Waals surface area contributed by atoms with Crippen LogP contribution in [0, 0.1) is 5.41 Å². The van der Waals surface area contributed by atoms with Crippen LogP contribution in [0.2, 0.25) is 0 Å². The molecular formula is C14H30N2O. The number of hydrogen-bond acceptors (Lipinski definition) is 3. The average Bonchev–Trinajstić information content (AvgIpc) is 2.30. The minimum atomic E-state index is -0.113. The molecule has 0 aromatic heterocycles. The molecule has 1 aliphatic carbocycles. The van der Waals surface area contributed by atoms with E-state index in [1.54, 1.807) is 0 Å². The lowest BCUT2D eigenvalue weighted by atomic mass is 9.73. The summed E-state index contributed by atoms with van der Waals surface area (Å²) in [6, 6.07) is 0. The van der Waals surface area contributed by atoms with Gasteiger partial charge in [0.25, 0.3) is 0 Å². The first-order chi connectivity index (χ1) is 7.96. The summed E-state index contributed by atoms with van der Waals surface area (Å²) in [6.45, 7) is 6.63. The van der Waals surface area contributed by atoms with E-state index in [1.165, 1.54) is 32.1 Å². The number of nitrogens with zero attached hydrogens (tertiary/aromatic N) is 1. The number of rotatable bonds is 6. The van der Waals surface area contributed by atoms with Crippen LogP contribution in [-0.4, -0.2) is 49.3 Å². The zero-order valence-corrected chi connectivity index (χ0v) is 12.1. The second kappa shape index (κ2) is 6.17. The Morgan fingerprint density at radius 2 is 1.82 bits per heavy atom. The molecule has 17 heavy (non-hydrogen) atoms. The molecule has 102 valence electrons. The third-order valence-electron chi connectivity index (χ3n) is 4.46.